The molecule has 25 heavy (non-hydrogen) atoms. The molecule has 0 spiro atoms. The lowest BCUT2D eigenvalue weighted by Crippen LogP contribution is -2.59. The Morgan fingerprint density at radius 3 is 2.40 bits per heavy atom. The largest absolute Gasteiger partial charge is 0.317 e. The van der Waals surface area contributed by atoms with Gasteiger partial charge in [-0.05, 0) is 50.0 Å². The van der Waals surface area contributed by atoms with Crippen LogP contribution in [0.2, 0.25) is 5.02 Å². The quantitative estimate of drug-likeness (QED) is 0.828. The van der Waals surface area contributed by atoms with Crippen molar-refractivity contribution in [1.82, 2.24) is 14.5 Å². The van der Waals surface area contributed by atoms with E-state index in [4.69, 9.17) is 11.6 Å². The van der Waals surface area contributed by atoms with Gasteiger partial charge in [0, 0.05) is 36.7 Å². The molecule has 2 saturated heterocycles. The summed E-state index contributed by atoms with van der Waals surface area (Å²) in [5, 5.41) is 4.14. The zero-order valence-corrected chi connectivity index (χ0v) is 16.9. The minimum Gasteiger partial charge on any atom is -0.317 e. The van der Waals surface area contributed by atoms with E-state index in [9.17, 15) is 8.42 Å². The van der Waals surface area contributed by atoms with E-state index in [1.165, 1.54) is 11.8 Å². The summed E-state index contributed by atoms with van der Waals surface area (Å²) in [4.78, 5) is 2.54. The van der Waals surface area contributed by atoms with Crippen LogP contribution in [0.3, 0.4) is 0 Å². The lowest BCUT2D eigenvalue weighted by Gasteiger charge is -2.46. The molecule has 5 nitrogen and oxygen atoms in total. The molecule has 142 valence electrons. The summed E-state index contributed by atoms with van der Waals surface area (Å²) in [7, 11) is -3.14. The minimum atomic E-state index is -3.14. The highest BCUT2D eigenvalue weighted by molar-refractivity contribution is 7.88. The monoisotopic (exact) mass is 407 g/mol. The molecule has 1 atom stereocenters. The topological polar surface area (TPSA) is 52.7 Å². The molecule has 0 aromatic heterocycles. The van der Waals surface area contributed by atoms with Crippen molar-refractivity contribution in [3.05, 3.63) is 34.9 Å². The number of nitrogens with zero attached hydrogens (tertiary/aromatic N) is 2. The summed E-state index contributed by atoms with van der Waals surface area (Å²) < 4.78 is 25.6. The highest BCUT2D eigenvalue weighted by Gasteiger charge is 2.35. The maximum Gasteiger partial charge on any atom is 0.211 e. The van der Waals surface area contributed by atoms with Crippen LogP contribution in [-0.2, 0) is 16.4 Å². The number of piperazine rings is 1. The number of nitrogens with one attached hydrogen (secondary N) is 1. The Kier molecular flexibility index (Phi) is 7.55. The average molecular weight is 408 g/mol. The first-order chi connectivity index (χ1) is 11.4. The molecule has 0 aliphatic carbocycles. The fourth-order valence-electron chi connectivity index (χ4n) is 3.84. The van der Waals surface area contributed by atoms with Crippen LogP contribution in [0, 0.1) is 0 Å². The van der Waals surface area contributed by atoms with Gasteiger partial charge in [0.1, 0.15) is 0 Å². The van der Waals surface area contributed by atoms with Crippen molar-refractivity contribution in [3.8, 4) is 0 Å². The third-order valence-electron chi connectivity index (χ3n) is 5.12. The van der Waals surface area contributed by atoms with Gasteiger partial charge in [-0.2, -0.15) is 4.31 Å². The Balaban J connectivity index is 0.00000225. The lowest BCUT2D eigenvalue weighted by atomic mass is 9.97. The first-order valence-corrected chi connectivity index (χ1v) is 10.8. The van der Waals surface area contributed by atoms with E-state index in [1.807, 2.05) is 24.3 Å². The Labute approximate surface area is 162 Å². The molecule has 0 amide bonds. The third kappa shape index (κ3) is 5.55. The third-order valence-corrected chi connectivity index (χ3v) is 6.64. The summed E-state index contributed by atoms with van der Waals surface area (Å²) in [6, 6.07) is 8.67. The van der Waals surface area contributed by atoms with Gasteiger partial charge in [-0.15, -0.1) is 12.4 Å². The van der Waals surface area contributed by atoms with Crippen LogP contribution in [0.1, 0.15) is 18.4 Å². The molecule has 0 unspecified atom stereocenters. The molecule has 2 aliphatic rings. The predicted molar refractivity (Wildman–Crippen MR) is 105 cm³/mol. The summed E-state index contributed by atoms with van der Waals surface area (Å²) in [5.41, 5.74) is 1.21. The fourth-order valence-corrected chi connectivity index (χ4v) is 4.82. The van der Waals surface area contributed by atoms with Gasteiger partial charge in [0.2, 0.25) is 10.0 Å². The average Bonchev–Trinajstić information content (AvgIpc) is 2.57. The SMILES string of the molecule is CS(=O)(=O)N1CCN(C2CCNCC2)[C@@H](Cc2ccc(Cl)cc2)C1.Cl. The highest BCUT2D eigenvalue weighted by atomic mass is 35.5. The van der Waals surface area contributed by atoms with Crippen LogP contribution in [0.4, 0.5) is 0 Å². The highest BCUT2D eigenvalue weighted by Crippen LogP contribution is 2.23. The molecule has 2 fully saturated rings. The van der Waals surface area contributed by atoms with Gasteiger partial charge in [-0.1, -0.05) is 23.7 Å². The second-order valence-electron chi connectivity index (χ2n) is 6.82. The standard InChI is InChI=1S/C17H26ClN3O2S.ClH/c1-24(22,23)20-10-11-21(16-6-8-19-9-7-16)17(13-20)12-14-2-4-15(18)5-3-14;/h2-5,16-17,19H,6-13H2,1H3;1H/t17-;/m0./s1. The van der Waals surface area contributed by atoms with Crippen molar-refractivity contribution in [2.24, 2.45) is 0 Å². The molecule has 0 radical (unpaired) electrons. The van der Waals surface area contributed by atoms with Crippen molar-refractivity contribution in [2.45, 2.75) is 31.3 Å². The second-order valence-corrected chi connectivity index (χ2v) is 9.24. The van der Waals surface area contributed by atoms with Gasteiger partial charge >= 0.3 is 0 Å². The first-order valence-electron chi connectivity index (χ1n) is 8.59. The maximum atomic E-state index is 12.0. The van der Waals surface area contributed by atoms with E-state index < -0.39 is 10.0 Å². The maximum absolute atomic E-state index is 12.0. The van der Waals surface area contributed by atoms with E-state index in [2.05, 4.69) is 10.2 Å². The number of rotatable bonds is 4. The number of hydrogen-bond acceptors (Lipinski definition) is 4. The first kappa shape index (κ1) is 20.9. The second kappa shape index (κ2) is 9.02. The Morgan fingerprint density at radius 2 is 1.80 bits per heavy atom. The van der Waals surface area contributed by atoms with Crippen LogP contribution in [0.25, 0.3) is 0 Å². The van der Waals surface area contributed by atoms with Crippen molar-refractivity contribution < 1.29 is 8.42 Å². The van der Waals surface area contributed by atoms with E-state index in [0.717, 1.165) is 43.9 Å². The molecule has 8 heteroatoms. The summed E-state index contributed by atoms with van der Waals surface area (Å²) in [6.45, 7) is 4.08. The molecule has 0 saturated carbocycles. The predicted octanol–water partition coefficient (Wildman–Crippen LogP) is 2.00. The lowest BCUT2D eigenvalue weighted by molar-refractivity contribution is 0.0587. The number of hydrogen-bond donors (Lipinski definition) is 1. The van der Waals surface area contributed by atoms with Gasteiger partial charge in [-0.25, -0.2) is 8.42 Å². The summed E-state index contributed by atoms with van der Waals surface area (Å²) in [5.74, 6) is 0. The molecular formula is C17H27Cl2N3O2S. The fraction of sp³-hybridized carbons (Fsp3) is 0.647. The van der Waals surface area contributed by atoms with Gasteiger partial charge in [0.05, 0.1) is 6.26 Å². The van der Waals surface area contributed by atoms with Gasteiger partial charge in [-0.3, -0.25) is 4.90 Å². The zero-order valence-electron chi connectivity index (χ0n) is 14.5. The van der Waals surface area contributed by atoms with Gasteiger partial charge < -0.3 is 5.32 Å². The molecule has 2 aliphatic heterocycles. The molecule has 2 heterocycles. The summed E-state index contributed by atoms with van der Waals surface area (Å²) in [6.07, 6.45) is 4.44. The molecular weight excluding hydrogens is 381 g/mol. The van der Waals surface area contributed by atoms with E-state index in [-0.39, 0.29) is 18.4 Å². The van der Waals surface area contributed by atoms with Crippen LogP contribution in [0.5, 0.6) is 0 Å². The van der Waals surface area contributed by atoms with Crippen LogP contribution in [0.15, 0.2) is 24.3 Å². The number of halogens is 2. The van der Waals surface area contributed by atoms with E-state index >= 15 is 0 Å². The van der Waals surface area contributed by atoms with Crippen LogP contribution in [-0.4, -0.2) is 68.7 Å². The van der Waals surface area contributed by atoms with Crippen LogP contribution >= 0.6 is 24.0 Å². The summed E-state index contributed by atoms with van der Waals surface area (Å²) >= 11 is 5.98. The van der Waals surface area contributed by atoms with Crippen molar-refractivity contribution >= 4 is 34.0 Å². The Hall–Kier alpha value is -0.370. The van der Waals surface area contributed by atoms with Gasteiger partial charge in [0.25, 0.3) is 0 Å². The van der Waals surface area contributed by atoms with E-state index in [0.29, 0.717) is 19.1 Å². The van der Waals surface area contributed by atoms with Crippen molar-refractivity contribution in [2.75, 3.05) is 39.0 Å². The molecule has 3 rings (SSSR count). The van der Waals surface area contributed by atoms with E-state index in [1.54, 1.807) is 4.31 Å². The number of benzene rings is 1. The van der Waals surface area contributed by atoms with Crippen molar-refractivity contribution in [1.29, 1.82) is 0 Å². The zero-order chi connectivity index (χ0) is 17.2. The van der Waals surface area contributed by atoms with Crippen molar-refractivity contribution in [3.63, 3.8) is 0 Å². The minimum absolute atomic E-state index is 0. The number of sulfonamides is 1. The number of piperidine rings is 1. The smallest absolute Gasteiger partial charge is 0.211 e. The normalized spacial score (nSPS) is 24.0. The molecule has 1 aromatic carbocycles. The van der Waals surface area contributed by atoms with Crippen LogP contribution < -0.4 is 5.32 Å². The Morgan fingerprint density at radius 1 is 1.16 bits per heavy atom. The molecule has 1 N–H and O–H groups in total. The van der Waals surface area contributed by atoms with Gasteiger partial charge in [0.15, 0.2) is 0 Å². The molecule has 0 bridgehead atoms. The Bertz CT molecular complexity index is 648. The molecule has 1 aromatic rings.